The van der Waals surface area contributed by atoms with Gasteiger partial charge in [0.25, 0.3) is 0 Å². The first kappa shape index (κ1) is 17.6. The number of rotatable bonds is 6. The minimum Gasteiger partial charge on any atom is -0.481 e. The number of carboxylic acid groups (broad SMARTS) is 1. The molecule has 3 rings (SSSR count). The maximum Gasteiger partial charge on any atom is 0.307 e. The summed E-state index contributed by atoms with van der Waals surface area (Å²) in [5.41, 5.74) is 4.02. The van der Waals surface area contributed by atoms with E-state index in [1.165, 1.54) is 12.1 Å². The second-order valence-electron chi connectivity index (χ2n) is 7.13. The largest absolute Gasteiger partial charge is 0.481 e. The molecule has 1 aromatic rings. The van der Waals surface area contributed by atoms with Crippen LogP contribution in [0.15, 0.2) is 24.3 Å². The van der Waals surface area contributed by atoms with Crippen LogP contribution in [0.5, 0.6) is 0 Å². The molecule has 5 atom stereocenters. The molecule has 132 valence electrons. The molecule has 0 aromatic heterocycles. The molecular weight excluding hydrogens is 323 g/mol. The number of halogens is 1. The molecule has 0 radical (unpaired) electrons. The number of Topliss-reactive ketones (excluding diaryl/α,β-unsaturated/α-hetero) is 1. The SMILES string of the molecule is CCC12C(CC(Cc3cccc(F)c3)C1(C#N)C(=O)CN)C2C(=O)O. The average Bonchev–Trinajstić information content (AvgIpc) is 3.16. The fourth-order valence-corrected chi connectivity index (χ4v) is 5.51. The van der Waals surface area contributed by atoms with E-state index in [1.54, 1.807) is 12.1 Å². The molecule has 25 heavy (non-hydrogen) atoms. The topological polar surface area (TPSA) is 104 Å². The predicted octanol–water partition coefficient (Wildman–Crippen LogP) is 2.15. The average molecular weight is 344 g/mol. The van der Waals surface area contributed by atoms with Crippen molar-refractivity contribution in [3.05, 3.63) is 35.6 Å². The molecule has 2 fully saturated rings. The van der Waals surface area contributed by atoms with E-state index < -0.39 is 28.5 Å². The molecule has 6 heteroatoms. The maximum atomic E-state index is 13.5. The third-order valence-corrected chi connectivity index (χ3v) is 6.42. The van der Waals surface area contributed by atoms with Gasteiger partial charge in [0, 0.05) is 5.41 Å². The van der Waals surface area contributed by atoms with Crippen LogP contribution in [0.25, 0.3) is 0 Å². The van der Waals surface area contributed by atoms with Crippen LogP contribution >= 0.6 is 0 Å². The third-order valence-electron chi connectivity index (χ3n) is 6.42. The summed E-state index contributed by atoms with van der Waals surface area (Å²) in [5, 5.41) is 19.6. The number of aliphatic carboxylic acids is 1. The van der Waals surface area contributed by atoms with Gasteiger partial charge in [0.15, 0.2) is 5.78 Å². The van der Waals surface area contributed by atoms with Crippen molar-refractivity contribution in [1.29, 1.82) is 5.26 Å². The first-order valence-electron chi connectivity index (χ1n) is 8.50. The van der Waals surface area contributed by atoms with E-state index in [2.05, 4.69) is 6.07 Å². The minimum atomic E-state index is -1.42. The van der Waals surface area contributed by atoms with Gasteiger partial charge < -0.3 is 10.8 Å². The zero-order chi connectivity index (χ0) is 18.4. The highest BCUT2D eigenvalue weighted by Gasteiger charge is 2.83. The van der Waals surface area contributed by atoms with Gasteiger partial charge in [-0.05, 0) is 48.8 Å². The number of nitriles is 1. The first-order valence-corrected chi connectivity index (χ1v) is 8.50. The highest BCUT2D eigenvalue weighted by Crippen LogP contribution is 2.79. The number of nitrogens with two attached hydrogens (primary N) is 1. The molecule has 2 aliphatic carbocycles. The van der Waals surface area contributed by atoms with Crippen LogP contribution in [0.2, 0.25) is 0 Å². The monoisotopic (exact) mass is 344 g/mol. The number of fused-ring (bicyclic) bond motifs is 1. The van der Waals surface area contributed by atoms with E-state index in [0.29, 0.717) is 24.8 Å². The number of ketones is 1. The van der Waals surface area contributed by atoms with Crippen LogP contribution in [-0.2, 0) is 16.0 Å². The zero-order valence-electron chi connectivity index (χ0n) is 14.0. The van der Waals surface area contributed by atoms with Crippen LogP contribution in [0.4, 0.5) is 4.39 Å². The lowest BCUT2D eigenvalue weighted by Crippen LogP contribution is -2.48. The molecule has 1 aromatic carbocycles. The third kappa shape index (κ3) is 2.15. The van der Waals surface area contributed by atoms with Crippen molar-refractivity contribution in [2.75, 3.05) is 6.54 Å². The molecule has 2 aliphatic rings. The zero-order valence-corrected chi connectivity index (χ0v) is 14.0. The Morgan fingerprint density at radius 1 is 1.48 bits per heavy atom. The second-order valence-corrected chi connectivity index (χ2v) is 7.13. The van der Waals surface area contributed by atoms with Crippen molar-refractivity contribution >= 4 is 11.8 Å². The van der Waals surface area contributed by atoms with E-state index in [-0.39, 0.29) is 24.2 Å². The molecule has 5 unspecified atom stereocenters. The second kappa shape index (κ2) is 5.92. The Labute approximate surface area is 145 Å². The molecule has 0 amide bonds. The summed E-state index contributed by atoms with van der Waals surface area (Å²) in [6, 6.07) is 8.28. The van der Waals surface area contributed by atoms with Gasteiger partial charge in [-0.25, -0.2) is 4.39 Å². The summed E-state index contributed by atoms with van der Waals surface area (Å²) in [5.74, 6) is -2.97. The van der Waals surface area contributed by atoms with Crippen LogP contribution in [0.1, 0.15) is 25.3 Å². The number of hydrogen-bond donors (Lipinski definition) is 2. The number of benzene rings is 1. The van der Waals surface area contributed by atoms with E-state index in [1.807, 2.05) is 6.92 Å². The summed E-state index contributed by atoms with van der Waals surface area (Å²) in [6.07, 6.45) is 1.27. The Balaban J connectivity index is 2.05. The summed E-state index contributed by atoms with van der Waals surface area (Å²) < 4.78 is 13.5. The van der Waals surface area contributed by atoms with Crippen molar-refractivity contribution in [2.45, 2.75) is 26.2 Å². The van der Waals surface area contributed by atoms with Gasteiger partial charge in [-0.1, -0.05) is 19.1 Å². The van der Waals surface area contributed by atoms with Crippen molar-refractivity contribution in [3.63, 3.8) is 0 Å². The Kier molecular flexibility index (Phi) is 4.16. The minimum absolute atomic E-state index is 0.205. The number of carbonyl (C=O) groups is 2. The van der Waals surface area contributed by atoms with Crippen molar-refractivity contribution in [2.24, 2.45) is 34.3 Å². The summed E-state index contributed by atoms with van der Waals surface area (Å²) in [6.45, 7) is 1.53. The fraction of sp³-hybridized carbons (Fsp3) is 0.526. The lowest BCUT2D eigenvalue weighted by atomic mass is 9.62. The van der Waals surface area contributed by atoms with E-state index in [0.717, 1.165) is 0 Å². The lowest BCUT2D eigenvalue weighted by Gasteiger charge is -2.37. The van der Waals surface area contributed by atoms with Crippen LogP contribution in [0.3, 0.4) is 0 Å². The molecule has 2 saturated carbocycles. The molecule has 0 heterocycles. The number of carboxylic acids is 1. The molecule has 0 aliphatic heterocycles. The molecule has 3 N–H and O–H groups in total. The molecule has 0 saturated heterocycles. The molecule has 0 spiro atoms. The van der Waals surface area contributed by atoms with E-state index in [4.69, 9.17) is 5.73 Å². The summed E-state index contributed by atoms with van der Waals surface area (Å²) in [7, 11) is 0. The first-order chi connectivity index (χ1) is 11.9. The molecule has 0 bridgehead atoms. The quantitative estimate of drug-likeness (QED) is 0.823. The highest BCUT2D eigenvalue weighted by atomic mass is 19.1. The van der Waals surface area contributed by atoms with Gasteiger partial charge in [0.1, 0.15) is 11.2 Å². The smallest absolute Gasteiger partial charge is 0.307 e. The van der Waals surface area contributed by atoms with Gasteiger partial charge >= 0.3 is 5.97 Å². The molecular formula is C19H21FN2O3. The molecule has 5 nitrogen and oxygen atoms in total. The predicted molar refractivity (Wildman–Crippen MR) is 87.7 cm³/mol. The Morgan fingerprint density at radius 2 is 2.20 bits per heavy atom. The van der Waals surface area contributed by atoms with Crippen molar-refractivity contribution in [1.82, 2.24) is 0 Å². The van der Waals surface area contributed by atoms with Gasteiger partial charge in [0.2, 0.25) is 0 Å². The van der Waals surface area contributed by atoms with E-state index >= 15 is 0 Å². The van der Waals surface area contributed by atoms with Gasteiger partial charge in [-0.2, -0.15) is 5.26 Å². The Morgan fingerprint density at radius 3 is 2.72 bits per heavy atom. The lowest BCUT2D eigenvalue weighted by molar-refractivity contribution is -0.142. The van der Waals surface area contributed by atoms with Crippen molar-refractivity contribution < 1.29 is 19.1 Å². The van der Waals surface area contributed by atoms with Gasteiger partial charge in [-0.3, -0.25) is 9.59 Å². The standard InChI is InChI=1S/C19H21FN2O3/c1-2-18-14(16(18)17(24)25)8-12(19(18,10-22)15(23)9-21)6-11-4-3-5-13(20)7-11/h3-5,7,12,14,16H,2,6,8-9,21H2,1H3,(H,24,25). The Hall–Kier alpha value is -2.26. The number of carbonyl (C=O) groups excluding carboxylic acids is 1. The van der Waals surface area contributed by atoms with E-state index in [9.17, 15) is 24.3 Å². The summed E-state index contributed by atoms with van der Waals surface area (Å²) >= 11 is 0. The maximum absolute atomic E-state index is 13.5. The van der Waals surface area contributed by atoms with Gasteiger partial charge in [0.05, 0.1) is 18.5 Å². The van der Waals surface area contributed by atoms with Crippen LogP contribution in [0, 0.1) is 45.7 Å². The summed E-state index contributed by atoms with van der Waals surface area (Å²) in [4.78, 5) is 24.5. The van der Waals surface area contributed by atoms with Crippen molar-refractivity contribution in [3.8, 4) is 6.07 Å². The van der Waals surface area contributed by atoms with Gasteiger partial charge in [-0.15, -0.1) is 0 Å². The number of nitrogens with zero attached hydrogens (tertiary/aromatic N) is 1. The highest BCUT2D eigenvalue weighted by molar-refractivity contribution is 5.94. The fourth-order valence-electron chi connectivity index (χ4n) is 5.51. The van der Waals surface area contributed by atoms with Crippen LogP contribution < -0.4 is 5.73 Å². The Bertz CT molecular complexity index is 774. The normalized spacial score (nSPS) is 35.7. The number of hydrogen-bond acceptors (Lipinski definition) is 4. The van der Waals surface area contributed by atoms with Crippen LogP contribution in [-0.4, -0.2) is 23.4 Å².